The minimum atomic E-state index is -2.10. The van der Waals surface area contributed by atoms with Gasteiger partial charge in [0.1, 0.15) is 22.8 Å². The summed E-state index contributed by atoms with van der Waals surface area (Å²) in [5.41, 5.74) is -3.49. The molecule has 0 amide bonds. The molecular weight excluding hydrogens is 616 g/mol. The molecule has 6 atom stereocenters. The molecule has 250 valence electrons. The van der Waals surface area contributed by atoms with Crippen LogP contribution in [0, 0.1) is 11.3 Å². The molecule has 2 aliphatic carbocycles. The standard InChI is InChI=1S/C33H36N2O12/c1-5-45-22(37)14-35(10-9-34)19-11-23(46-15(2)28(19)38)47-21-13-33(43,16(3)36)12-18-25(21)32(42)27-26(30(18)40)29(39)17-7-6-8-20(44-4)24(17)31(27)41/h6-8,15,19,21,23,28,38,40,42-43H,5,10-14H2,1-4H3/t15-,19-,21-,23-,28+,33-/m0/s1. The van der Waals surface area contributed by atoms with Gasteiger partial charge in [0.2, 0.25) is 5.78 Å². The highest BCUT2D eigenvalue weighted by atomic mass is 16.7. The van der Waals surface area contributed by atoms with Crippen molar-refractivity contribution in [3.05, 3.63) is 51.6 Å². The molecule has 14 nitrogen and oxygen atoms in total. The number of Topliss-reactive ketones (excluding diaryl/α,β-unsaturated/α-hetero) is 1. The maximum atomic E-state index is 13.8. The number of fused-ring (bicyclic) bond motifs is 3. The Bertz CT molecular complexity index is 1680. The summed E-state index contributed by atoms with van der Waals surface area (Å²) in [7, 11) is 1.32. The lowest BCUT2D eigenvalue weighted by molar-refractivity contribution is -0.258. The van der Waals surface area contributed by atoms with Crippen LogP contribution >= 0.6 is 0 Å². The number of nitrogens with zero attached hydrogens (tertiary/aromatic N) is 2. The first-order valence-electron chi connectivity index (χ1n) is 15.1. The molecule has 2 aromatic rings. The summed E-state index contributed by atoms with van der Waals surface area (Å²) in [4.78, 5) is 54.0. The third-order valence-corrected chi connectivity index (χ3v) is 9.10. The number of aromatic hydroxyl groups is 2. The van der Waals surface area contributed by atoms with E-state index in [0.29, 0.717) is 0 Å². The van der Waals surface area contributed by atoms with Gasteiger partial charge in [0, 0.05) is 42.0 Å². The van der Waals surface area contributed by atoms with Crippen molar-refractivity contribution in [1.82, 2.24) is 4.90 Å². The molecule has 0 unspecified atom stereocenters. The number of methoxy groups -OCH3 is 1. The number of carbonyl (C=O) groups excluding carboxylic acids is 4. The first kappa shape index (κ1) is 34.0. The quantitative estimate of drug-likeness (QED) is 0.146. The van der Waals surface area contributed by atoms with E-state index in [9.17, 15) is 44.9 Å². The highest BCUT2D eigenvalue weighted by molar-refractivity contribution is 6.31. The summed E-state index contributed by atoms with van der Waals surface area (Å²) in [6, 6.07) is 5.50. The first-order valence-corrected chi connectivity index (χ1v) is 15.1. The number of phenols is 2. The Morgan fingerprint density at radius 1 is 1.15 bits per heavy atom. The van der Waals surface area contributed by atoms with E-state index in [2.05, 4.69) is 0 Å². The highest BCUT2D eigenvalue weighted by Gasteiger charge is 2.50. The van der Waals surface area contributed by atoms with Crippen LogP contribution in [0.1, 0.15) is 82.7 Å². The summed E-state index contributed by atoms with van der Waals surface area (Å²) in [6.07, 6.45) is -5.61. The van der Waals surface area contributed by atoms with Crippen molar-refractivity contribution in [2.75, 3.05) is 26.8 Å². The second-order valence-electron chi connectivity index (χ2n) is 11.9. The van der Waals surface area contributed by atoms with Gasteiger partial charge in [0.05, 0.1) is 67.9 Å². The van der Waals surface area contributed by atoms with E-state index in [1.54, 1.807) is 13.8 Å². The van der Waals surface area contributed by atoms with Crippen LogP contribution in [0.25, 0.3) is 0 Å². The van der Waals surface area contributed by atoms with Gasteiger partial charge >= 0.3 is 5.97 Å². The fraction of sp³-hybridized carbons (Fsp3) is 0.485. The maximum absolute atomic E-state index is 13.8. The zero-order valence-corrected chi connectivity index (χ0v) is 26.3. The summed E-state index contributed by atoms with van der Waals surface area (Å²) in [6.45, 7) is 3.91. The molecule has 3 aliphatic rings. The number of phenolic OH excluding ortho intramolecular Hbond substituents is 2. The van der Waals surface area contributed by atoms with Crippen LogP contribution < -0.4 is 4.74 Å². The van der Waals surface area contributed by atoms with Crippen LogP contribution in [0.2, 0.25) is 0 Å². The molecule has 2 aromatic carbocycles. The molecule has 1 saturated heterocycles. The fourth-order valence-electron chi connectivity index (χ4n) is 6.72. The summed E-state index contributed by atoms with van der Waals surface area (Å²) < 4.78 is 22.5. The number of esters is 1. The van der Waals surface area contributed by atoms with E-state index in [-0.39, 0.29) is 54.1 Å². The van der Waals surface area contributed by atoms with Crippen molar-refractivity contribution in [3.63, 3.8) is 0 Å². The predicted molar refractivity (Wildman–Crippen MR) is 160 cm³/mol. The van der Waals surface area contributed by atoms with Crippen LogP contribution in [0.3, 0.4) is 0 Å². The van der Waals surface area contributed by atoms with Gasteiger partial charge in [0.25, 0.3) is 0 Å². The van der Waals surface area contributed by atoms with Gasteiger partial charge < -0.3 is 39.4 Å². The van der Waals surface area contributed by atoms with Crippen LogP contribution in [0.5, 0.6) is 17.2 Å². The molecule has 0 spiro atoms. The van der Waals surface area contributed by atoms with Gasteiger partial charge in [-0.1, -0.05) is 12.1 Å². The lowest BCUT2D eigenvalue weighted by Gasteiger charge is -2.44. The Balaban J connectivity index is 1.58. The van der Waals surface area contributed by atoms with Gasteiger partial charge in [-0.15, -0.1) is 0 Å². The number of hydrogen-bond donors (Lipinski definition) is 4. The van der Waals surface area contributed by atoms with E-state index < -0.39 is 95.0 Å². The predicted octanol–water partition coefficient (Wildman–Crippen LogP) is 1.46. The smallest absolute Gasteiger partial charge is 0.320 e. The van der Waals surface area contributed by atoms with Gasteiger partial charge in [0.15, 0.2) is 17.9 Å². The van der Waals surface area contributed by atoms with Crippen molar-refractivity contribution in [2.24, 2.45) is 0 Å². The van der Waals surface area contributed by atoms with Gasteiger partial charge in [-0.3, -0.25) is 24.1 Å². The molecule has 0 aromatic heterocycles. The zero-order valence-electron chi connectivity index (χ0n) is 26.3. The molecule has 0 saturated carbocycles. The Kier molecular flexibility index (Phi) is 9.40. The van der Waals surface area contributed by atoms with Gasteiger partial charge in [-0.05, 0) is 26.8 Å². The van der Waals surface area contributed by atoms with Crippen LogP contribution in [-0.4, -0.2) is 106 Å². The Morgan fingerprint density at radius 3 is 2.49 bits per heavy atom. The molecule has 5 rings (SSSR count). The number of benzene rings is 2. The lowest BCUT2D eigenvalue weighted by atomic mass is 9.72. The number of carbonyl (C=O) groups is 4. The largest absolute Gasteiger partial charge is 0.507 e. The van der Waals surface area contributed by atoms with Gasteiger partial charge in [-0.2, -0.15) is 5.26 Å². The maximum Gasteiger partial charge on any atom is 0.320 e. The van der Waals surface area contributed by atoms with Crippen LogP contribution in [0.15, 0.2) is 18.2 Å². The molecule has 1 fully saturated rings. The highest BCUT2D eigenvalue weighted by Crippen LogP contribution is 2.52. The van der Waals surface area contributed by atoms with E-state index >= 15 is 0 Å². The number of aliphatic hydroxyl groups is 2. The third kappa shape index (κ3) is 5.85. The molecular formula is C33H36N2O12. The number of nitriles is 1. The van der Waals surface area contributed by atoms with Gasteiger partial charge in [-0.25, -0.2) is 0 Å². The first-order chi connectivity index (χ1) is 22.3. The summed E-state index contributed by atoms with van der Waals surface area (Å²) >= 11 is 0. The molecule has 1 heterocycles. The topological polar surface area (TPSA) is 213 Å². The molecule has 0 radical (unpaired) electrons. The number of rotatable bonds is 9. The van der Waals surface area contributed by atoms with Crippen LogP contribution in [-0.2, 0) is 30.2 Å². The summed E-state index contributed by atoms with van der Waals surface area (Å²) in [5.74, 6) is -4.11. The normalized spacial score (nSPS) is 26.6. The van der Waals surface area contributed by atoms with Crippen molar-refractivity contribution in [1.29, 1.82) is 5.26 Å². The van der Waals surface area contributed by atoms with Crippen molar-refractivity contribution >= 4 is 23.3 Å². The SMILES string of the molecule is CCOC(=O)CN(CC#N)[C@H]1C[C@H](O[C@H]2C[C@](O)(C(C)=O)Cc3c(O)c4c(c(O)c32)C(=O)c2c(OC)cccc2C4=O)O[C@@H](C)[C@H]1O. The lowest BCUT2D eigenvalue weighted by Crippen LogP contribution is -2.57. The zero-order chi connectivity index (χ0) is 34.4. The van der Waals surface area contributed by atoms with E-state index in [1.165, 1.54) is 30.2 Å². The van der Waals surface area contributed by atoms with E-state index in [1.807, 2.05) is 6.07 Å². The second-order valence-corrected chi connectivity index (χ2v) is 11.9. The minimum absolute atomic E-state index is 0.0547. The monoisotopic (exact) mass is 652 g/mol. The van der Waals surface area contributed by atoms with Crippen molar-refractivity contribution in [2.45, 2.75) is 76.3 Å². The Hall–Kier alpha value is -4.39. The molecule has 0 bridgehead atoms. The molecule has 14 heteroatoms. The second kappa shape index (κ2) is 13.0. The molecule has 1 aliphatic heterocycles. The average Bonchev–Trinajstić information content (AvgIpc) is 3.02. The Morgan fingerprint density at radius 2 is 1.85 bits per heavy atom. The van der Waals surface area contributed by atoms with E-state index in [4.69, 9.17) is 18.9 Å². The average molecular weight is 653 g/mol. The van der Waals surface area contributed by atoms with Crippen molar-refractivity contribution in [3.8, 4) is 23.3 Å². The number of ketones is 3. The Labute approximate surface area is 270 Å². The van der Waals surface area contributed by atoms with Crippen molar-refractivity contribution < 1.29 is 58.6 Å². The van der Waals surface area contributed by atoms with Crippen LogP contribution in [0.4, 0.5) is 0 Å². The summed E-state index contributed by atoms with van der Waals surface area (Å²) in [5, 5.41) is 55.1. The minimum Gasteiger partial charge on any atom is -0.507 e. The third-order valence-electron chi connectivity index (χ3n) is 9.10. The molecule has 4 N–H and O–H groups in total. The number of hydrogen-bond acceptors (Lipinski definition) is 14. The fourth-order valence-corrected chi connectivity index (χ4v) is 6.72. The van der Waals surface area contributed by atoms with E-state index in [0.717, 1.165) is 6.92 Å². The number of aliphatic hydroxyl groups excluding tert-OH is 1. The number of ether oxygens (including phenoxy) is 4. The molecule has 47 heavy (non-hydrogen) atoms.